The second-order valence-corrected chi connectivity index (χ2v) is 24.9. The molecule has 0 unspecified atom stereocenters. The van der Waals surface area contributed by atoms with Crippen LogP contribution in [0.25, 0.3) is 0 Å². The Hall–Kier alpha value is -4.52. The Morgan fingerprint density at radius 2 is 0.252 bits per heavy atom. The summed E-state index contributed by atoms with van der Waals surface area (Å²) in [6, 6.07) is 0. The predicted octanol–water partition coefficient (Wildman–Crippen LogP) is 19.9. The lowest BCUT2D eigenvalue weighted by atomic mass is 9.91. The van der Waals surface area contributed by atoms with E-state index in [0.717, 1.165) is 0 Å². The minimum Gasteiger partial charge on any atom is -0.374 e. The molecule has 1 rings (SSSR count). The third-order valence-corrected chi connectivity index (χ3v) is 16.5. The van der Waals surface area contributed by atoms with Gasteiger partial charge in [0, 0.05) is 39.3 Å². The Balaban J connectivity index is 4.16. The Bertz CT molecular complexity index is 3010. The molecule has 0 spiro atoms. The van der Waals surface area contributed by atoms with Gasteiger partial charge in [-0.3, -0.25) is 9.80 Å². The van der Waals surface area contributed by atoms with Crippen LogP contribution in [-0.2, 0) is 18.9 Å². The largest absolute Gasteiger partial charge is 0.460 e. The zero-order valence-electron chi connectivity index (χ0n) is 56.4. The molecule has 1 saturated heterocycles. The average molecular weight is 1920 g/mol. The van der Waals surface area contributed by atoms with Crippen LogP contribution in [0.4, 0.5) is 263 Å². The van der Waals surface area contributed by atoms with Crippen LogP contribution in [0.5, 0.6) is 0 Å². The molecule has 0 amide bonds. The van der Waals surface area contributed by atoms with Gasteiger partial charge in [-0.15, -0.1) is 0 Å². The van der Waals surface area contributed by atoms with Gasteiger partial charge in [-0.25, -0.2) is 0 Å². The van der Waals surface area contributed by atoms with Gasteiger partial charge in [0.25, 0.3) is 0 Å². The summed E-state index contributed by atoms with van der Waals surface area (Å²) in [5.41, 5.74) is 0. The number of ether oxygens (including phenoxy) is 4. The normalized spacial score (nSPS) is 18.5. The standard InChI is InChI=1S/C51H46F60N4O4/c52-24(53,28(60,61)32(68,69)36(76,77)40(84,85)44(92,93)48(100,101)102)20-116-16-12-112-4-1-5-113(13-17-117-21-25(54,55)29(62,63)33(70,71)37(78,79)41(86,87)45(94,95)49(103,104)105)7-3-9-115(15-19-119-23-27(58,59)31(66,67)35(74,75)39(82,83)43(90,91)47(98,99)51(109,110)111)11-10-114(8-2-6-112)14-18-118-22-26(56,57)30(64,65)34(72,73)38(80,81)42(88,89)46(96,97)50(106,107)108/h1-23H2. The molecule has 0 radical (unpaired) electrons. The quantitative estimate of drug-likeness (QED) is 0.0444. The van der Waals surface area contributed by atoms with E-state index in [1.165, 1.54) is 0 Å². The molecule has 0 aliphatic carbocycles. The molecule has 1 fully saturated rings. The topological polar surface area (TPSA) is 49.9 Å². The maximum absolute atomic E-state index is 14.7. The molecular formula is C51H46F60N4O4. The molecule has 0 aromatic carbocycles. The Labute approximate surface area is 619 Å². The lowest BCUT2D eigenvalue weighted by Gasteiger charge is -2.41. The molecule has 119 heavy (non-hydrogen) atoms. The Morgan fingerprint density at radius 1 is 0.143 bits per heavy atom. The van der Waals surface area contributed by atoms with E-state index in [-0.39, 0.29) is 0 Å². The minimum atomic E-state index is -8.92. The summed E-state index contributed by atoms with van der Waals surface area (Å²) in [5.74, 6) is -202. The van der Waals surface area contributed by atoms with Crippen molar-refractivity contribution in [3.05, 3.63) is 0 Å². The smallest absolute Gasteiger partial charge is 0.374 e. The first-order valence-corrected chi connectivity index (χ1v) is 30.4. The van der Waals surface area contributed by atoms with Crippen LogP contribution in [0.2, 0.25) is 0 Å². The van der Waals surface area contributed by atoms with Gasteiger partial charge < -0.3 is 28.7 Å². The summed E-state index contributed by atoms with van der Waals surface area (Å²) in [5, 5.41) is 0. The van der Waals surface area contributed by atoms with E-state index in [1.54, 1.807) is 0 Å². The maximum atomic E-state index is 14.7. The number of halogens is 60. The fourth-order valence-electron chi connectivity index (χ4n) is 9.11. The summed E-state index contributed by atoms with van der Waals surface area (Å²) < 4.78 is 845. The van der Waals surface area contributed by atoms with Gasteiger partial charge in [-0.1, -0.05) is 0 Å². The Kier molecular flexibility index (Phi) is 33.1. The number of hydrogen-bond donors (Lipinski definition) is 0. The molecule has 1 aliphatic rings. The van der Waals surface area contributed by atoms with Crippen molar-refractivity contribution < 1.29 is 282 Å². The first-order chi connectivity index (χ1) is 51.8. The zero-order valence-corrected chi connectivity index (χ0v) is 56.4. The van der Waals surface area contributed by atoms with E-state index < -0.39 is 318 Å². The van der Waals surface area contributed by atoms with Gasteiger partial charge in [0.1, 0.15) is 26.4 Å². The first-order valence-electron chi connectivity index (χ1n) is 30.4. The maximum Gasteiger partial charge on any atom is 0.460 e. The predicted molar refractivity (Wildman–Crippen MR) is 266 cm³/mol. The second-order valence-electron chi connectivity index (χ2n) is 24.9. The van der Waals surface area contributed by atoms with E-state index in [2.05, 4.69) is 18.9 Å². The van der Waals surface area contributed by atoms with Crippen molar-refractivity contribution >= 4 is 0 Å². The molecule has 0 N–H and O–H groups in total. The SMILES string of the molecule is FC(F)(F)C(F)(F)C(F)(F)C(F)(F)C(F)(F)C(F)(F)C(F)(F)COCCN1CCCN(CCOCC(F)(F)C(F)(F)C(F)(F)C(F)(F)C(F)(F)C(F)(F)C(F)(F)F)CCCN(CCOCC(F)(F)C(F)(F)C(F)(F)C(F)(F)C(F)(F)C(F)(F)C(F)(F)F)CCN(CCOCC(F)(F)C(F)(F)C(F)(F)C(F)(F)C(F)(F)C(F)(F)C(F)(F)F)CCC1. The lowest BCUT2D eigenvalue weighted by Crippen LogP contribution is -2.73. The van der Waals surface area contributed by atoms with Crippen LogP contribution >= 0.6 is 0 Å². The summed E-state index contributed by atoms with van der Waals surface area (Å²) in [4.78, 5) is 1.85. The second kappa shape index (κ2) is 35.0. The van der Waals surface area contributed by atoms with Crippen molar-refractivity contribution in [3.63, 3.8) is 0 Å². The van der Waals surface area contributed by atoms with Crippen molar-refractivity contribution in [2.75, 3.05) is 131 Å². The van der Waals surface area contributed by atoms with Crippen molar-refractivity contribution in [3.8, 4) is 0 Å². The highest BCUT2D eigenvalue weighted by Gasteiger charge is 2.98. The van der Waals surface area contributed by atoms with Gasteiger partial charge in [-0.2, -0.15) is 263 Å². The van der Waals surface area contributed by atoms with Crippen molar-refractivity contribution in [2.24, 2.45) is 0 Å². The molecule has 8 nitrogen and oxygen atoms in total. The summed E-state index contributed by atoms with van der Waals surface area (Å²) >= 11 is 0. The minimum absolute atomic E-state index is 0.423. The number of rotatable bonds is 40. The highest BCUT2D eigenvalue weighted by Crippen LogP contribution is 2.68. The van der Waals surface area contributed by atoms with Crippen LogP contribution < -0.4 is 0 Å². The molecule has 0 bridgehead atoms. The molecular weight excluding hydrogens is 1870 g/mol. The molecule has 0 atom stereocenters. The molecule has 1 heterocycles. The molecule has 0 aromatic rings. The van der Waals surface area contributed by atoms with Crippen molar-refractivity contribution in [2.45, 2.75) is 186 Å². The van der Waals surface area contributed by atoms with Crippen LogP contribution in [0.3, 0.4) is 0 Å². The van der Waals surface area contributed by atoms with Crippen LogP contribution in [0.1, 0.15) is 19.3 Å². The van der Waals surface area contributed by atoms with E-state index in [4.69, 9.17) is 0 Å². The fourth-order valence-corrected chi connectivity index (χ4v) is 9.11. The monoisotopic (exact) mass is 1920 g/mol. The highest BCUT2D eigenvalue weighted by molar-refractivity contribution is 5.17. The summed E-state index contributed by atoms with van der Waals surface area (Å²) in [7, 11) is 0. The van der Waals surface area contributed by atoms with Crippen LogP contribution in [0.15, 0.2) is 0 Å². The molecule has 714 valence electrons. The van der Waals surface area contributed by atoms with E-state index in [1.807, 2.05) is 0 Å². The summed E-state index contributed by atoms with van der Waals surface area (Å²) in [6.07, 6.45) is -35.4. The van der Waals surface area contributed by atoms with Gasteiger partial charge in [0.05, 0.1) is 26.4 Å². The van der Waals surface area contributed by atoms with Gasteiger partial charge >= 0.3 is 167 Å². The van der Waals surface area contributed by atoms with Crippen LogP contribution in [-0.4, -0.2) is 318 Å². The summed E-state index contributed by atoms with van der Waals surface area (Å²) in [6.45, 7) is -37.4. The van der Waals surface area contributed by atoms with E-state index >= 15 is 0 Å². The number of nitrogens with zero attached hydrogens (tertiary/aromatic N) is 4. The van der Waals surface area contributed by atoms with Crippen LogP contribution in [0, 0.1) is 0 Å². The average Bonchev–Trinajstić information content (AvgIpc) is 0.718. The van der Waals surface area contributed by atoms with Crippen molar-refractivity contribution in [1.29, 1.82) is 0 Å². The van der Waals surface area contributed by atoms with Gasteiger partial charge in [0.15, 0.2) is 0 Å². The number of hydrogen-bond acceptors (Lipinski definition) is 8. The lowest BCUT2D eigenvalue weighted by molar-refractivity contribution is -0.453. The van der Waals surface area contributed by atoms with E-state index in [9.17, 15) is 263 Å². The molecule has 1 aliphatic heterocycles. The van der Waals surface area contributed by atoms with Gasteiger partial charge in [-0.05, 0) is 58.5 Å². The third-order valence-electron chi connectivity index (χ3n) is 16.5. The van der Waals surface area contributed by atoms with E-state index in [0.29, 0.717) is 19.6 Å². The highest BCUT2D eigenvalue weighted by atomic mass is 19.5. The third kappa shape index (κ3) is 19.9. The Morgan fingerprint density at radius 3 is 0.378 bits per heavy atom. The number of alkyl halides is 60. The van der Waals surface area contributed by atoms with Crippen molar-refractivity contribution in [1.82, 2.24) is 19.6 Å². The molecule has 0 aromatic heterocycles. The fraction of sp³-hybridized carbons (Fsp3) is 1.00. The molecule has 68 heteroatoms. The van der Waals surface area contributed by atoms with Gasteiger partial charge in [0.2, 0.25) is 0 Å². The molecule has 0 saturated carbocycles. The first kappa shape index (κ1) is 112. The zero-order chi connectivity index (χ0) is 95.4.